The summed E-state index contributed by atoms with van der Waals surface area (Å²) in [7, 11) is -2.16. The number of ether oxygens (including phenoxy) is 1. The molecule has 0 aliphatic rings. The molecule has 0 atom stereocenters. The number of amides is 1. The standard InChI is InChI=1S/C17H19ClN2O4S/c1-24-12-13-5-4-6-14(11-13)20-17(21)9-10-19-25(22,23)16-8-3-2-7-15(16)18/h2-8,11,19H,9-10,12H2,1H3,(H,20,21). The first-order chi connectivity index (χ1) is 11.9. The molecule has 0 aromatic heterocycles. The van der Waals surface area contributed by atoms with Gasteiger partial charge in [0.15, 0.2) is 0 Å². The van der Waals surface area contributed by atoms with Gasteiger partial charge >= 0.3 is 0 Å². The number of rotatable bonds is 8. The smallest absolute Gasteiger partial charge is 0.242 e. The Labute approximate surface area is 152 Å². The van der Waals surface area contributed by atoms with Gasteiger partial charge in [-0.3, -0.25) is 4.79 Å². The van der Waals surface area contributed by atoms with E-state index in [1.54, 1.807) is 31.4 Å². The molecule has 0 saturated heterocycles. The largest absolute Gasteiger partial charge is 0.380 e. The van der Waals surface area contributed by atoms with Gasteiger partial charge in [0.1, 0.15) is 4.90 Å². The molecule has 134 valence electrons. The van der Waals surface area contributed by atoms with Crippen LogP contribution in [0.1, 0.15) is 12.0 Å². The number of sulfonamides is 1. The molecule has 0 bridgehead atoms. The van der Waals surface area contributed by atoms with E-state index in [2.05, 4.69) is 10.0 Å². The first kappa shape index (κ1) is 19.4. The fraction of sp³-hybridized carbons (Fsp3) is 0.235. The normalized spacial score (nSPS) is 11.3. The molecule has 8 heteroatoms. The van der Waals surface area contributed by atoms with Crippen LogP contribution in [0, 0.1) is 0 Å². The number of halogens is 1. The molecule has 1 amide bonds. The molecule has 2 aromatic carbocycles. The fourth-order valence-corrected chi connectivity index (χ4v) is 3.72. The molecule has 2 N–H and O–H groups in total. The molecule has 2 aromatic rings. The van der Waals surface area contributed by atoms with Crippen molar-refractivity contribution in [3.8, 4) is 0 Å². The summed E-state index contributed by atoms with van der Waals surface area (Å²) in [6.45, 7) is 0.415. The van der Waals surface area contributed by atoms with Crippen LogP contribution in [0.15, 0.2) is 53.4 Å². The zero-order valence-corrected chi connectivity index (χ0v) is 15.2. The van der Waals surface area contributed by atoms with Gasteiger partial charge < -0.3 is 10.1 Å². The Morgan fingerprint density at radius 1 is 1.16 bits per heavy atom. The number of carbonyl (C=O) groups excluding carboxylic acids is 1. The maximum absolute atomic E-state index is 12.2. The summed E-state index contributed by atoms with van der Waals surface area (Å²) in [5.41, 5.74) is 1.56. The molecule has 0 saturated carbocycles. The van der Waals surface area contributed by atoms with Crippen molar-refractivity contribution in [2.24, 2.45) is 0 Å². The lowest BCUT2D eigenvalue weighted by Crippen LogP contribution is -2.28. The van der Waals surface area contributed by atoms with Crippen LogP contribution in [-0.2, 0) is 26.2 Å². The summed E-state index contributed by atoms with van der Waals surface area (Å²) in [5.74, 6) is -0.295. The summed E-state index contributed by atoms with van der Waals surface area (Å²) >= 11 is 5.89. The van der Waals surface area contributed by atoms with E-state index in [0.29, 0.717) is 12.3 Å². The van der Waals surface area contributed by atoms with E-state index in [-0.39, 0.29) is 28.8 Å². The van der Waals surface area contributed by atoms with Crippen molar-refractivity contribution < 1.29 is 17.9 Å². The number of hydrogen-bond acceptors (Lipinski definition) is 4. The van der Waals surface area contributed by atoms with Crippen molar-refractivity contribution >= 4 is 33.2 Å². The Kier molecular flexibility index (Phi) is 6.95. The zero-order chi connectivity index (χ0) is 18.3. The molecule has 0 unspecified atom stereocenters. The summed E-state index contributed by atoms with van der Waals surface area (Å²) < 4.78 is 31.7. The van der Waals surface area contributed by atoms with Crippen LogP contribution in [0.2, 0.25) is 5.02 Å². The minimum atomic E-state index is -3.75. The second-order valence-corrected chi connectivity index (χ2v) is 7.40. The monoisotopic (exact) mass is 382 g/mol. The average molecular weight is 383 g/mol. The highest BCUT2D eigenvalue weighted by Gasteiger charge is 2.17. The number of methoxy groups -OCH3 is 1. The summed E-state index contributed by atoms with van der Waals surface area (Å²) in [6.07, 6.45) is -0.00180. The van der Waals surface area contributed by atoms with Gasteiger partial charge in [-0.1, -0.05) is 35.9 Å². The zero-order valence-electron chi connectivity index (χ0n) is 13.7. The highest BCUT2D eigenvalue weighted by Crippen LogP contribution is 2.20. The lowest BCUT2D eigenvalue weighted by molar-refractivity contribution is -0.116. The van der Waals surface area contributed by atoms with Gasteiger partial charge in [-0.25, -0.2) is 13.1 Å². The Morgan fingerprint density at radius 2 is 1.92 bits per heavy atom. The van der Waals surface area contributed by atoms with Crippen LogP contribution in [0.25, 0.3) is 0 Å². The molecule has 0 fully saturated rings. The number of nitrogens with one attached hydrogen (secondary N) is 2. The molecular formula is C17H19ClN2O4S. The molecule has 0 radical (unpaired) electrons. The Balaban J connectivity index is 1.88. The Bertz CT molecular complexity index is 840. The third kappa shape index (κ3) is 5.82. The van der Waals surface area contributed by atoms with Crippen LogP contribution >= 0.6 is 11.6 Å². The van der Waals surface area contributed by atoms with Crippen LogP contribution in [0.5, 0.6) is 0 Å². The summed E-state index contributed by atoms with van der Waals surface area (Å²) in [6, 6.07) is 13.4. The summed E-state index contributed by atoms with van der Waals surface area (Å²) in [5, 5.41) is 2.86. The van der Waals surface area contributed by atoms with E-state index in [1.165, 1.54) is 12.1 Å². The second-order valence-electron chi connectivity index (χ2n) is 5.26. The van der Waals surface area contributed by atoms with Gasteiger partial charge in [0, 0.05) is 25.8 Å². The minimum Gasteiger partial charge on any atom is -0.380 e. The second kappa shape index (κ2) is 8.96. The van der Waals surface area contributed by atoms with Gasteiger partial charge in [-0.15, -0.1) is 0 Å². The molecule has 0 aliphatic heterocycles. The lowest BCUT2D eigenvalue weighted by atomic mass is 10.2. The van der Waals surface area contributed by atoms with Gasteiger partial charge in [-0.05, 0) is 29.8 Å². The van der Waals surface area contributed by atoms with E-state index >= 15 is 0 Å². The summed E-state index contributed by atoms with van der Waals surface area (Å²) in [4.78, 5) is 12.0. The predicted molar refractivity (Wildman–Crippen MR) is 97.0 cm³/mol. The first-order valence-electron chi connectivity index (χ1n) is 7.54. The van der Waals surface area contributed by atoms with E-state index in [4.69, 9.17) is 16.3 Å². The van der Waals surface area contributed by atoms with Crippen molar-refractivity contribution in [2.75, 3.05) is 19.0 Å². The van der Waals surface area contributed by atoms with Crippen LogP contribution < -0.4 is 10.0 Å². The predicted octanol–water partition coefficient (Wildman–Crippen LogP) is 2.79. The fourth-order valence-electron chi connectivity index (χ4n) is 2.17. The van der Waals surface area contributed by atoms with Gasteiger partial charge in [-0.2, -0.15) is 0 Å². The van der Waals surface area contributed by atoms with E-state index in [1.807, 2.05) is 12.1 Å². The van der Waals surface area contributed by atoms with Crippen LogP contribution in [0.4, 0.5) is 5.69 Å². The number of hydrogen-bond donors (Lipinski definition) is 2. The average Bonchev–Trinajstić information content (AvgIpc) is 2.55. The number of carbonyl (C=O) groups is 1. The maximum atomic E-state index is 12.2. The molecule has 25 heavy (non-hydrogen) atoms. The molecule has 0 aliphatic carbocycles. The van der Waals surface area contributed by atoms with Crippen LogP contribution in [0.3, 0.4) is 0 Å². The van der Waals surface area contributed by atoms with Crippen molar-refractivity contribution in [1.29, 1.82) is 0 Å². The molecule has 0 heterocycles. The lowest BCUT2D eigenvalue weighted by Gasteiger charge is -2.09. The Hall–Kier alpha value is -1.93. The van der Waals surface area contributed by atoms with Crippen molar-refractivity contribution in [1.82, 2.24) is 4.72 Å². The van der Waals surface area contributed by atoms with E-state index in [9.17, 15) is 13.2 Å². The van der Waals surface area contributed by atoms with Crippen molar-refractivity contribution in [3.63, 3.8) is 0 Å². The van der Waals surface area contributed by atoms with Crippen molar-refractivity contribution in [3.05, 3.63) is 59.1 Å². The van der Waals surface area contributed by atoms with Gasteiger partial charge in [0.25, 0.3) is 0 Å². The van der Waals surface area contributed by atoms with Crippen molar-refractivity contribution in [2.45, 2.75) is 17.9 Å². The molecule has 6 nitrogen and oxygen atoms in total. The quantitative estimate of drug-likeness (QED) is 0.735. The number of anilines is 1. The van der Waals surface area contributed by atoms with E-state index < -0.39 is 10.0 Å². The van der Waals surface area contributed by atoms with Gasteiger partial charge in [0.05, 0.1) is 11.6 Å². The van der Waals surface area contributed by atoms with E-state index in [0.717, 1.165) is 5.56 Å². The Morgan fingerprint density at radius 3 is 2.64 bits per heavy atom. The molecule has 2 rings (SSSR count). The molecule has 0 spiro atoms. The highest BCUT2D eigenvalue weighted by atomic mass is 35.5. The highest BCUT2D eigenvalue weighted by molar-refractivity contribution is 7.89. The SMILES string of the molecule is COCc1cccc(NC(=O)CCNS(=O)(=O)c2ccccc2Cl)c1. The van der Waals surface area contributed by atoms with Crippen LogP contribution in [-0.4, -0.2) is 28.0 Å². The number of benzene rings is 2. The first-order valence-corrected chi connectivity index (χ1v) is 9.40. The third-order valence-electron chi connectivity index (χ3n) is 3.29. The minimum absolute atomic E-state index is 0.00180. The molecular weight excluding hydrogens is 364 g/mol. The maximum Gasteiger partial charge on any atom is 0.242 e. The third-order valence-corrected chi connectivity index (χ3v) is 5.25. The topological polar surface area (TPSA) is 84.5 Å². The van der Waals surface area contributed by atoms with Gasteiger partial charge in [0.2, 0.25) is 15.9 Å².